The molecule has 5 nitrogen and oxygen atoms in total. The van der Waals surface area contributed by atoms with E-state index in [2.05, 4.69) is 10.2 Å². The van der Waals surface area contributed by atoms with Crippen LogP contribution in [0, 0.1) is 0 Å². The van der Waals surface area contributed by atoms with Gasteiger partial charge in [0.1, 0.15) is 0 Å². The average molecular weight is 352 g/mol. The number of likely N-dealkylation sites (N-methyl/N-ethyl adjacent to an activating group) is 1. The Morgan fingerprint density at radius 2 is 1.91 bits per heavy atom. The van der Waals surface area contributed by atoms with E-state index < -0.39 is 6.04 Å². The van der Waals surface area contributed by atoms with Crippen molar-refractivity contribution < 1.29 is 9.53 Å². The molecule has 3 N–H and O–H groups in total. The van der Waals surface area contributed by atoms with Crippen LogP contribution in [-0.4, -0.2) is 57.2 Å². The van der Waals surface area contributed by atoms with Gasteiger partial charge in [-0.05, 0) is 19.0 Å². The van der Waals surface area contributed by atoms with E-state index in [4.69, 9.17) is 10.5 Å². The summed E-state index contributed by atoms with van der Waals surface area (Å²) in [5.41, 5.74) is 6.98. The van der Waals surface area contributed by atoms with Crippen molar-refractivity contribution in [2.45, 2.75) is 12.5 Å². The second kappa shape index (κ2) is 13.8. The fraction of sp³-hybridized carbons (Fsp3) is 0.533. The highest BCUT2D eigenvalue weighted by atomic mass is 35.5. The lowest BCUT2D eigenvalue weighted by Gasteiger charge is -2.17. The zero-order valence-corrected chi connectivity index (χ0v) is 14.8. The van der Waals surface area contributed by atoms with Gasteiger partial charge in [0.25, 0.3) is 0 Å². The van der Waals surface area contributed by atoms with Crippen LogP contribution in [0.5, 0.6) is 0 Å². The minimum Gasteiger partial charge on any atom is -0.383 e. The third-order valence-electron chi connectivity index (χ3n) is 3.11. The molecule has 0 saturated heterocycles. The summed E-state index contributed by atoms with van der Waals surface area (Å²) in [6.45, 7) is 2.93. The van der Waals surface area contributed by atoms with Crippen LogP contribution in [0.3, 0.4) is 0 Å². The van der Waals surface area contributed by atoms with Crippen LogP contribution in [-0.2, 0) is 16.0 Å². The van der Waals surface area contributed by atoms with Gasteiger partial charge in [-0.3, -0.25) is 4.79 Å². The number of halogens is 2. The largest absolute Gasteiger partial charge is 0.383 e. The average Bonchev–Trinajstić information content (AvgIpc) is 2.46. The number of hydrogen-bond donors (Lipinski definition) is 2. The van der Waals surface area contributed by atoms with Crippen LogP contribution in [0.25, 0.3) is 0 Å². The first-order valence-corrected chi connectivity index (χ1v) is 6.88. The van der Waals surface area contributed by atoms with Gasteiger partial charge < -0.3 is 20.7 Å². The third-order valence-corrected chi connectivity index (χ3v) is 3.11. The fourth-order valence-corrected chi connectivity index (χ4v) is 1.82. The lowest BCUT2D eigenvalue weighted by atomic mass is 10.1. The van der Waals surface area contributed by atoms with Crippen LogP contribution in [0.1, 0.15) is 5.56 Å². The number of nitrogens with zero attached hydrogens (tertiary/aromatic N) is 1. The van der Waals surface area contributed by atoms with Gasteiger partial charge in [0.05, 0.1) is 12.6 Å². The Kier molecular flexibility index (Phi) is 14.7. The van der Waals surface area contributed by atoms with Crippen molar-refractivity contribution in [3.05, 3.63) is 35.9 Å². The molecule has 0 fully saturated rings. The molecule has 0 aliphatic heterocycles. The molecule has 0 aliphatic carbocycles. The van der Waals surface area contributed by atoms with Gasteiger partial charge in [0.15, 0.2) is 0 Å². The monoisotopic (exact) mass is 351 g/mol. The molecular weight excluding hydrogens is 325 g/mol. The Balaban J connectivity index is 0. The number of rotatable bonds is 9. The van der Waals surface area contributed by atoms with Gasteiger partial charge in [-0.1, -0.05) is 30.3 Å². The SMILES string of the molecule is COCCN(C)CCNC(=O)[C@@H](N)Cc1ccccc1.Cl.Cl. The summed E-state index contributed by atoms with van der Waals surface area (Å²) in [6, 6.07) is 9.30. The number of benzene rings is 1. The van der Waals surface area contributed by atoms with Crippen LogP contribution in [0.2, 0.25) is 0 Å². The van der Waals surface area contributed by atoms with E-state index in [1.807, 2.05) is 37.4 Å². The highest BCUT2D eigenvalue weighted by Gasteiger charge is 2.13. The molecule has 1 rings (SSSR count). The number of ether oxygens (including phenoxy) is 1. The van der Waals surface area contributed by atoms with Crippen molar-refractivity contribution in [1.29, 1.82) is 0 Å². The number of hydrogen-bond acceptors (Lipinski definition) is 4. The maximum absolute atomic E-state index is 11.9. The van der Waals surface area contributed by atoms with Crippen LogP contribution < -0.4 is 11.1 Å². The maximum atomic E-state index is 11.9. The number of nitrogens with one attached hydrogen (secondary N) is 1. The summed E-state index contributed by atoms with van der Waals surface area (Å²) in [5, 5.41) is 2.86. The van der Waals surface area contributed by atoms with E-state index >= 15 is 0 Å². The van der Waals surface area contributed by atoms with Gasteiger partial charge in [-0.25, -0.2) is 0 Å². The highest BCUT2D eigenvalue weighted by Crippen LogP contribution is 2.01. The summed E-state index contributed by atoms with van der Waals surface area (Å²) in [4.78, 5) is 14.0. The van der Waals surface area contributed by atoms with Gasteiger partial charge in [0.2, 0.25) is 5.91 Å². The van der Waals surface area contributed by atoms with Crippen LogP contribution >= 0.6 is 24.8 Å². The van der Waals surface area contributed by atoms with Crippen LogP contribution in [0.15, 0.2) is 30.3 Å². The number of carbonyl (C=O) groups excluding carboxylic acids is 1. The molecule has 0 aliphatic rings. The Morgan fingerprint density at radius 1 is 1.27 bits per heavy atom. The lowest BCUT2D eigenvalue weighted by molar-refractivity contribution is -0.122. The summed E-state index contributed by atoms with van der Waals surface area (Å²) in [7, 11) is 3.67. The number of nitrogens with two attached hydrogens (primary N) is 1. The van der Waals surface area contributed by atoms with E-state index in [1.165, 1.54) is 0 Å². The predicted molar refractivity (Wildman–Crippen MR) is 95.0 cm³/mol. The van der Waals surface area contributed by atoms with Crippen molar-refractivity contribution in [2.24, 2.45) is 5.73 Å². The number of methoxy groups -OCH3 is 1. The Labute approximate surface area is 145 Å². The molecule has 0 saturated carbocycles. The molecule has 0 bridgehead atoms. The fourth-order valence-electron chi connectivity index (χ4n) is 1.82. The van der Waals surface area contributed by atoms with Gasteiger partial charge in [0, 0.05) is 26.7 Å². The molecule has 1 aromatic rings. The first-order valence-electron chi connectivity index (χ1n) is 6.88. The van der Waals surface area contributed by atoms with Gasteiger partial charge in [-0.2, -0.15) is 0 Å². The van der Waals surface area contributed by atoms with Crippen molar-refractivity contribution in [3.63, 3.8) is 0 Å². The molecule has 0 radical (unpaired) electrons. The molecule has 22 heavy (non-hydrogen) atoms. The highest BCUT2D eigenvalue weighted by molar-refractivity contribution is 5.85. The molecule has 1 amide bonds. The molecule has 0 unspecified atom stereocenters. The maximum Gasteiger partial charge on any atom is 0.237 e. The van der Waals surface area contributed by atoms with E-state index in [0.717, 1.165) is 18.7 Å². The zero-order valence-electron chi connectivity index (χ0n) is 13.2. The molecule has 0 heterocycles. The lowest BCUT2D eigenvalue weighted by Crippen LogP contribution is -2.44. The molecular formula is C15H27Cl2N3O2. The minimum atomic E-state index is -0.498. The number of amides is 1. The smallest absolute Gasteiger partial charge is 0.237 e. The van der Waals surface area contributed by atoms with E-state index in [1.54, 1.807) is 7.11 Å². The normalized spacial score (nSPS) is 11.3. The quantitative estimate of drug-likeness (QED) is 0.698. The Hall–Kier alpha value is -0.850. The molecule has 0 aromatic heterocycles. The molecule has 128 valence electrons. The Morgan fingerprint density at radius 3 is 2.50 bits per heavy atom. The Bertz CT molecular complexity index is 394. The van der Waals surface area contributed by atoms with Gasteiger partial charge >= 0.3 is 0 Å². The minimum absolute atomic E-state index is 0. The zero-order chi connectivity index (χ0) is 14.8. The molecule has 7 heteroatoms. The molecule has 1 atom stereocenters. The van der Waals surface area contributed by atoms with Gasteiger partial charge in [-0.15, -0.1) is 24.8 Å². The van der Waals surface area contributed by atoms with E-state index in [9.17, 15) is 4.79 Å². The summed E-state index contributed by atoms with van der Waals surface area (Å²) >= 11 is 0. The number of carbonyl (C=O) groups is 1. The first kappa shape index (κ1) is 23.4. The topological polar surface area (TPSA) is 67.6 Å². The van der Waals surface area contributed by atoms with Crippen molar-refractivity contribution in [3.8, 4) is 0 Å². The summed E-state index contributed by atoms with van der Waals surface area (Å²) in [6.07, 6.45) is 0.562. The third kappa shape index (κ3) is 9.97. The van der Waals surface area contributed by atoms with E-state index in [0.29, 0.717) is 19.6 Å². The van der Waals surface area contributed by atoms with Crippen molar-refractivity contribution >= 4 is 30.7 Å². The summed E-state index contributed by atoms with van der Waals surface area (Å²) in [5.74, 6) is -0.103. The van der Waals surface area contributed by atoms with Crippen LogP contribution in [0.4, 0.5) is 0 Å². The standard InChI is InChI=1S/C15H25N3O2.2ClH/c1-18(10-11-20-2)9-8-17-15(19)14(16)12-13-6-4-3-5-7-13;;/h3-7,14H,8-12,16H2,1-2H3,(H,17,19);2*1H/t14-;;/m0../s1. The predicted octanol–water partition coefficient (Wildman–Crippen LogP) is 1.09. The second-order valence-electron chi connectivity index (χ2n) is 4.88. The molecule has 0 spiro atoms. The summed E-state index contributed by atoms with van der Waals surface area (Å²) < 4.78 is 5.00. The first-order chi connectivity index (χ1) is 9.63. The van der Waals surface area contributed by atoms with E-state index in [-0.39, 0.29) is 30.7 Å². The second-order valence-corrected chi connectivity index (χ2v) is 4.88. The molecule has 1 aromatic carbocycles. The van der Waals surface area contributed by atoms with Crippen molar-refractivity contribution in [1.82, 2.24) is 10.2 Å². The van der Waals surface area contributed by atoms with Crippen molar-refractivity contribution in [2.75, 3.05) is 40.4 Å².